The molecule has 7 nitrogen and oxygen atoms in total. The summed E-state index contributed by atoms with van der Waals surface area (Å²) in [6.45, 7) is 8.54. The first kappa shape index (κ1) is 18.5. The van der Waals surface area contributed by atoms with Crippen LogP contribution in [0.15, 0.2) is 0 Å². The van der Waals surface area contributed by atoms with Crippen molar-refractivity contribution in [3.63, 3.8) is 0 Å². The van der Waals surface area contributed by atoms with Gasteiger partial charge in [-0.2, -0.15) is 17.4 Å². The number of piperidine rings is 2. The summed E-state index contributed by atoms with van der Waals surface area (Å²) in [5.74, 6) is 0.780. The molecule has 8 heteroatoms. The molecular formula is C15H29N3O4S. The van der Waals surface area contributed by atoms with Crippen LogP contribution in [0.1, 0.15) is 40.0 Å². The van der Waals surface area contributed by atoms with Crippen molar-refractivity contribution in [1.29, 1.82) is 0 Å². The van der Waals surface area contributed by atoms with Gasteiger partial charge in [0.25, 0.3) is 10.2 Å². The molecule has 0 aliphatic carbocycles. The van der Waals surface area contributed by atoms with Crippen molar-refractivity contribution in [1.82, 2.24) is 13.9 Å². The SMILES string of the molecule is CCOC(=O)N1CCC(NS(=O)(=O)N2C[C@@H](C)C[C@H](C)C2)CC1. The van der Waals surface area contributed by atoms with Crippen LogP contribution in [0.5, 0.6) is 0 Å². The monoisotopic (exact) mass is 347 g/mol. The van der Waals surface area contributed by atoms with E-state index in [1.54, 1.807) is 16.1 Å². The minimum atomic E-state index is -3.45. The molecule has 23 heavy (non-hydrogen) atoms. The molecule has 2 rings (SSSR count). The van der Waals surface area contributed by atoms with Gasteiger partial charge in [-0.15, -0.1) is 0 Å². The Hall–Kier alpha value is -0.860. The van der Waals surface area contributed by atoms with Crippen LogP contribution in [-0.4, -0.2) is 62.5 Å². The molecule has 2 atom stereocenters. The maximum absolute atomic E-state index is 12.6. The van der Waals surface area contributed by atoms with Gasteiger partial charge in [0, 0.05) is 32.2 Å². The van der Waals surface area contributed by atoms with Crippen LogP contribution < -0.4 is 4.72 Å². The predicted octanol–water partition coefficient (Wildman–Crippen LogP) is 1.42. The van der Waals surface area contributed by atoms with Gasteiger partial charge in [-0.05, 0) is 38.0 Å². The Morgan fingerprint density at radius 1 is 1.17 bits per heavy atom. The van der Waals surface area contributed by atoms with Crippen LogP contribution in [-0.2, 0) is 14.9 Å². The first-order valence-electron chi connectivity index (χ1n) is 8.51. The topological polar surface area (TPSA) is 79.0 Å². The van der Waals surface area contributed by atoms with Crippen LogP contribution in [0.4, 0.5) is 4.79 Å². The van der Waals surface area contributed by atoms with Crippen LogP contribution in [0.2, 0.25) is 0 Å². The van der Waals surface area contributed by atoms with E-state index in [9.17, 15) is 13.2 Å². The molecule has 0 radical (unpaired) electrons. The van der Waals surface area contributed by atoms with Gasteiger partial charge >= 0.3 is 6.09 Å². The molecule has 2 aliphatic heterocycles. The van der Waals surface area contributed by atoms with Gasteiger partial charge in [-0.1, -0.05) is 13.8 Å². The Balaban J connectivity index is 1.86. The highest BCUT2D eigenvalue weighted by atomic mass is 32.2. The molecule has 0 saturated carbocycles. The van der Waals surface area contributed by atoms with Gasteiger partial charge in [0.05, 0.1) is 6.61 Å². The third-order valence-corrected chi connectivity index (χ3v) is 6.12. The summed E-state index contributed by atoms with van der Waals surface area (Å²) < 4.78 is 34.5. The molecule has 1 N–H and O–H groups in total. The standard InChI is InChI=1S/C15H29N3O4S/c1-4-22-15(19)17-7-5-14(6-8-17)16-23(20,21)18-10-12(2)9-13(3)11-18/h12-14,16H,4-11H2,1-3H3/t12-,13-/m0/s1. The Bertz CT molecular complexity index is 493. The summed E-state index contributed by atoms with van der Waals surface area (Å²) in [5, 5.41) is 0. The van der Waals surface area contributed by atoms with E-state index in [-0.39, 0.29) is 12.1 Å². The maximum Gasteiger partial charge on any atom is 0.409 e. The number of ether oxygens (including phenoxy) is 1. The number of hydrogen-bond acceptors (Lipinski definition) is 4. The highest BCUT2D eigenvalue weighted by Crippen LogP contribution is 2.23. The smallest absolute Gasteiger partial charge is 0.409 e. The molecule has 2 heterocycles. The first-order chi connectivity index (χ1) is 10.8. The lowest BCUT2D eigenvalue weighted by molar-refractivity contribution is 0.0963. The second-order valence-corrected chi connectivity index (χ2v) is 8.55. The number of nitrogens with one attached hydrogen (secondary N) is 1. The Morgan fingerprint density at radius 2 is 1.74 bits per heavy atom. The Labute approximate surface area is 139 Å². The van der Waals surface area contributed by atoms with Gasteiger partial charge in [0.15, 0.2) is 0 Å². The minimum absolute atomic E-state index is 0.113. The van der Waals surface area contributed by atoms with Crippen molar-refractivity contribution < 1.29 is 17.9 Å². The van der Waals surface area contributed by atoms with E-state index >= 15 is 0 Å². The number of hydrogen-bond donors (Lipinski definition) is 1. The van der Waals surface area contributed by atoms with E-state index in [4.69, 9.17) is 4.74 Å². The molecule has 1 amide bonds. The molecule has 0 aromatic carbocycles. The highest BCUT2D eigenvalue weighted by Gasteiger charge is 2.33. The third kappa shape index (κ3) is 5.06. The van der Waals surface area contributed by atoms with Crippen molar-refractivity contribution >= 4 is 16.3 Å². The van der Waals surface area contributed by atoms with Crippen molar-refractivity contribution in [3.8, 4) is 0 Å². The van der Waals surface area contributed by atoms with E-state index in [1.807, 2.05) is 0 Å². The van der Waals surface area contributed by atoms with Gasteiger partial charge < -0.3 is 9.64 Å². The second kappa shape index (κ2) is 7.81. The average Bonchev–Trinajstić information content (AvgIpc) is 2.47. The summed E-state index contributed by atoms with van der Waals surface area (Å²) in [4.78, 5) is 13.3. The van der Waals surface area contributed by atoms with Crippen molar-refractivity contribution in [3.05, 3.63) is 0 Å². The van der Waals surface area contributed by atoms with Crippen LogP contribution in [0.3, 0.4) is 0 Å². The Kier molecular flexibility index (Phi) is 6.27. The van der Waals surface area contributed by atoms with E-state index in [2.05, 4.69) is 18.6 Å². The summed E-state index contributed by atoms with van der Waals surface area (Å²) in [6, 6.07) is -0.113. The fourth-order valence-electron chi connectivity index (χ4n) is 3.48. The van der Waals surface area contributed by atoms with Crippen LogP contribution >= 0.6 is 0 Å². The molecule has 0 bridgehead atoms. The van der Waals surface area contributed by atoms with Gasteiger partial charge in [0.2, 0.25) is 0 Å². The number of amides is 1. The molecule has 2 fully saturated rings. The van der Waals surface area contributed by atoms with E-state index in [0.29, 0.717) is 57.5 Å². The van der Waals surface area contributed by atoms with Gasteiger partial charge in [0.1, 0.15) is 0 Å². The summed E-state index contributed by atoms with van der Waals surface area (Å²) >= 11 is 0. The average molecular weight is 347 g/mol. The molecule has 2 saturated heterocycles. The minimum Gasteiger partial charge on any atom is -0.450 e. The molecule has 0 aromatic heterocycles. The zero-order valence-electron chi connectivity index (χ0n) is 14.3. The molecule has 2 aliphatic rings. The third-order valence-electron chi connectivity index (χ3n) is 4.51. The second-order valence-electron chi connectivity index (χ2n) is 6.85. The molecule has 0 aromatic rings. The highest BCUT2D eigenvalue weighted by molar-refractivity contribution is 7.87. The van der Waals surface area contributed by atoms with Crippen LogP contribution in [0, 0.1) is 11.8 Å². The lowest BCUT2D eigenvalue weighted by Gasteiger charge is -2.36. The largest absolute Gasteiger partial charge is 0.450 e. The van der Waals surface area contributed by atoms with Crippen LogP contribution in [0.25, 0.3) is 0 Å². The maximum atomic E-state index is 12.6. The first-order valence-corrected chi connectivity index (χ1v) is 9.95. The number of rotatable bonds is 4. The van der Waals surface area contributed by atoms with Crippen molar-refractivity contribution in [2.75, 3.05) is 32.8 Å². The number of likely N-dealkylation sites (tertiary alicyclic amines) is 1. The lowest BCUT2D eigenvalue weighted by atomic mass is 9.94. The molecule has 0 unspecified atom stereocenters. The van der Waals surface area contributed by atoms with Crippen molar-refractivity contribution in [2.45, 2.75) is 46.1 Å². The van der Waals surface area contributed by atoms with E-state index in [1.165, 1.54) is 0 Å². The van der Waals surface area contributed by atoms with E-state index < -0.39 is 10.2 Å². The lowest BCUT2D eigenvalue weighted by Crippen LogP contribution is -2.53. The summed E-state index contributed by atoms with van der Waals surface area (Å²) in [7, 11) is -3.45. The fraction of sp³-hybridized carbons (Fsp3) is 0.933. The number of carbonyl (C=O) groups excluding carboxylic acids is 1. The fourth-order valence-corrected chi connectivity index (χ4v) is 5.19. The number of carbonyl (C=O) groups is 1. The predicted molar refractivity (Wildman–Crippen MR) is 88.2 cm³/mol. The van der Waals surface area contributed by atoms with Gasteiger partial charge in [-0.25, -0.2) is 4.79 Å². The molecule has 0 spiro atoms. The molecule has 134 valence electrons. The number of nitrogens with zero attached hydrogens (tertiary/aromatic N) is 2. The Morgan fingerprint density at radius 3 is 2.26 bits per heavy atom. The molecular weight excluding hydrogens is 318 g/mol. The quantitative estimate of drug-likeness (QED) is 0.834. The van der Waals surface area contributed by atoms with Crippen molar-refractivity contribution in [2.24, 2.45) is 11.8 Å². The zero-order valence-corrected chi connectivity index (χ0v) is 15.1. The zero-order chi connectivity index (χ0) is 17.0. The summed E-state index contributed by atoms with van der Waals surface area (Å²) in [6.07, 6.45) is 2.00. The van der Waals surface area contributed by atoms with Gasteiger partial charge in [-0.3, -0.25) is 0 Å². The summed E-state index contributed by atoms with van der Waals surface area (Å²) in [5.41, 5.74) is 0. The normalized spacial score (nSPS) is 27.9. The van der Waals surface area contributed by atoms with E-state index in [0.717, 1.165) is 6.42 Å².